The molecule has 0 aliphatic carbocycles. The van der Waals surface area contributed by atoms with Crippen LogP contribution in [0.3, 0.4) is 0 Å². The minimum Gasteiger partial charge on any atom is -0.599 e. The maximum absolute atomic E-state index is 6.64. The summed E-state index contributed by atoms with van der Waals surface area (Å²) in [4.78, 5) is 6.81. The summed E-state index contributed by atoms with van der Waals surface area (Å²) in [5.41, 5.74) is 12.5. The average molecular weight is 930 g/mol. The van der Waals surface area contributed by atoms with Crippen molar-refractivity contribution in [2.24, 2.45) is 0 Å². The third kappa shape index (κ3) is 6.68. The maximum Gasteiger partial charge on any atom is 0.511 e. The Morgan fingerprint density at radius 3 is 1.97 bits per heavy atom. The summed E-state index contributed by atoms with van der Waals surface area (Å²) in [6, 6.07) is 64.9. The summed E-state index contributed by atoms with van der Waals surface area (Å²) in [6.45, 7) is 4.23. The van der Waals surface area contributed by atoms with Gasteiger partial charge in [-0.05, 0) is 65.1 Å². The Labute approximate surface area is 353 Å². The van der Waals surface area contributed by atoms with Crippen LogP contribution in [0, 0.1) is 32.3 Å². The molecule has 0 atom stereocenters. The van der Waals surface area contributed by atoms with Crippen LogP contribution < -0.4 is 24.2 Å². The van der Waals surface area contributed by atoms with Crippen LogP contribution in [-0.4, -0.2) is 16.6 Å². The van der Waals surface area contributed by atoms with Crippen LogP contribution in [0.1, 0.15) is 11.1 Å². The first kappa shape index (κ1) is 36.9. The molecule has 8 heteroatoms. The van der Waals surface area contributed by atoms with Gasteiger partial charge >= 0.3 is 7.05 Å². The molecule has 0 saturated heterocycles. The van der Waals surface area contributed by atoms with Gasteiger partial charge in [0.15, 0.2) is 0 Å². The molecule has 0 amide bonds. The van der Waals surface area contributed by atoms with Gasteiger partial charge in [-0.15, -0.1) is 30.3 Å². The molecule has 0 fully saturated rings. The molecule has 9 aromatic rings. The molecular formula is C50H35BN4O2Pt-2. The number of imidazole rings is 1. The topological polar surface area (TPSA) is 43.4 Å². The number of para-hydroxylation sites is 3. The van der Waals surface area contributed by atoms with Gasteiger partial charge in [0.05, 0.1) is 16.7 Å². The third-order valence-corrected chi connectivity index (χ3v) is 10.5. The van der Waals surface area contributed by atoms with Gasteiger partial charge in [0.25, 0.3) is 6.33 Å². The molecule has 6 nitrogen and oxygen atoms in total. The van der Waals surface area contributed by atoms with Crippen LogP contribution in [0.4, 0.5) is 11.5 Å². The van der Waals surface area contributed by atoms with E-state index in [1.165, 1.54) is 0 Å². The quantitative estimate of drug-likeness (QED) is 0.0865. The Morgan fingerprint density at radius 2 is 1.26 bits per heavy atom. The number of rotatable bonds is 8. The van der Waals surface area contributed by atoms with Gasteiger partial charge in [-0.25, -0.2) is 4.98 Å². The number of nitrogens with zero attached hydrogens (tertiary/aromatic N) is 4. The fourth-order valence-electron chi connectivity index (χ4n) is 7.84. The summed E-state index contributed by atoms with van der Waals surface area (Å²) in [5.74, 6) is 2.56. The summed E-state index contributed by atoms with van der Waals surface area (Å²) in [5, 5.41) is 0. The van der Waals surface area contributed by atoms with Crippen LogP contribution in [-0.2, 0) is 21.1 Å². The summed E-state index contributed by atoms with van der Waals surface area (Å²) in [6.07, 6.45) is 5.53. The Hall–Kier alpha value is -6.69. The van der Waals surface area contributed by atoms with Crippen molar-refractivity contribution in [2.45, 2.75) is 13.8 Å². The summed E-state index contributed by atoms with van der Waals surface area (Å²) < 4.78 is 17.4. The van der Waals surface area contributed by atoms with E-state index in [0.29, 0.717) is 17.2 Å². The largest absolute Gasteiger partial charge is 0.599 e. The van der Waals surface area contributed by atoms with Crippen LogP contribution in [0.5, 0.6) is 17.2 Å². The molecule has 3 heterocycles. The van der Waals surface area contributed by atoms with E-state index in [1.807, 2.05) is 60.7 Å². The zero-order valence-electron chi connectivity index (χ0n) is 31.7. The molecule has 0 N–H and O–H groups in total. The molecule has 0 spiro atoms. The van der Waals surface area contributed by atoms with Crippen LogP contribution in [0.2, 0.25) is 0 Å². The molecule has 0 radical (unpaired) electrons. The summed E-state index contributed by atoms with van der Waals surface area (Å²) >= 11 is 0. The van der Waals surface area contributed by atoms with E-state index in [9.17, 15) is 0 Å². The summed E-state index contributed by atoms with van der Waals surface area (Å²) in [7, 11) is -0.406. The Morgan fingerprint density at radius 1 is 0.621 bits per heavy atom. The molecule has 0 saturated carbocycles. The number of aromatic nitrogens is 3. The second kappa shape index (κ2) is 15.7. The van der Waals surface area contributed by atoms with Crippen molar-refractivity contribution < 1.29 is 35.0 Å². The van der Waals surface area contributed by atoms with E-state index in [-0.39, 0.29) is 21.1 Å². The molecule has 2 aromatic heterocycles. The molecule has 7 aromatic carbocycles. The van der Waals surface area contributed by atoms with E-state index in [1.54, 1.807) is 6.20 Å². The van der Waals surface area contributed by atoms with Crippen molar-refractivity contribution in [3.05, 3.63) is 206 Å². The van der Waals surface area contributed by atoms with Crippen LogP contribution >= 0.6 is 0 Å². The number of anilines is 2. The zero-order chi connectivity index (χ0) is 38.3. The van der Waals surface area contributed by atoms with Gasteiger partial charge in [0, 0.05) is 44.5 Å². The van der Waals surface area contributed by atoms with Gasteiger partial charge in [-0.3, -0.25) is 4.57 Å². The second-order valence-electron chi connectivity index (χ2n) is 14.1. The predicted octanol–water partition coefficient (Wildman–Crippen LogP) is 10.4. The van der Waals surface area contributed by atoms with Crippen molar-refractivity contribution >= 4 is 35.1 Å². The number of hydrogen-bond acceptors (Lipinski definition) is 4. The first-order valence-electron chi connectivity index (χ1n) is 19.0. The monoisotopic (exact) mass is 929 g/mol. The molecule has 0 unspecified atom stereocenters. The van der Waals surface area contributed by atoms with Crippen molar-refractivity contribution in [1.29, 1.82) is 0 Å². The van der Waals surface area contributed by atoms with Gasteiger partial charge < -0.3 is 18.8 Å². The number of pyridine rings is 1. The minimum atomic E-state index is -0.406. The molecule has 1 aliphatic rings. The first-order valence-corrected chi connectivity index (χ1v) is 19.0. The van der Waals surface area contributed by atoms with E-state index in [2.05, 4.69) is 155 Å². The second-order valence-corrected chi connectivity index (χ2v) is 14.1. The van der Waals surface area contributed by atoms with E-state index in [0.717, 1.165) is 72.8 Å². The Kier molecular flexibility index (Phi) is 9.99. The fraction of sp³-hybridized carbons (Fsp3) is 0.0400. The fourth-order valence-corrected chi connectivity index (χ4v) is 7.84. The molecule has 0 bridgehead atoms. The average Bonchev–Trinajstić information content (AvgIpc) is 3.83. The predicted molar refractivity (Wildman–Crippen MR) is 227 cm³/mol. The number of benzene rings is 7. The van der Waals surface area contributed by atoms with Crippen molar-refractivity contribution in [1.82, 2.24) is 9.55 Å². The maximum atomic E-state index is 6.64. The standard InChI is InChI=1S/C50H35BN4O2.Pt/c1-35-16-13-17-36(2)49(35)51-55(48-28-11-12-31-52-48)46-33-41(29-30-47(46)57-51)56-40-23-14-22-39(32-40)53-34-54(45-27-10-9-26-44(45)53)50-42(37-18-5-3-6-19-37)24-15-25-43(50)38-20-7-4-8-21-38;/h3-31H,1-2H3;/q-2;. The van der Waals surface area contributed by atoms with Crippen molar-refractivity contribution in [2.75, 3.05) is 4.81 Å². The smallest absolute Gasteiger partial charge is 0.511 e. The van der Waals surface area contributed by atoms with Crippen LogP contribution in [0.25, 0.3) is 44.7 Å². The normalized spacial score (nSPS) is 11.9. The number of aryl methyl sites for hydroxylation is 2. The molecule has 58 heavy (non-hydrogen) atoms. The third-order valence-electron chi connectivity index (χ3n) is 10.5. The Bertz CT molecular complexity index is 2830. The first-order chi connectivity index (χ1) is 28.1. The number of hydrogen-bond donors (Lipinski definition) is 0. The zero-order valence-corrected chi connectivity index (χ0v) is 34.0. The molecule has 282 valence electrons. The van der Waals surface area contributed by atoms with E-state index >= 15 is 0 Å². The minimum absolute atomic E-state index is 0. The molecule has 10 rings (SSSR count). The van der Waals surface area contributed by atoms with Gasteiger partial charge in [0.1, 0.15) is 5.82 Å². The van der Waals surface area contributed by atoms with Gasteiger partial charge in [-0.1, -0.05) is 139 Å². The van der Waals surface area contributed by atoms with Gasteiger partial charge in [-0.2, -0.15) is 12.1 Å². The molecular weight excluding hydrogens is 894 g/mol. The SMILES string of the molecule is Cc1cccc(C)c1B1Oc2ccc(Oc3[c-]c(-n4[c-][n+](-c5c(-c6ccccc6)cccc5-c5ccccc5)c5ccccc54)ccc3)[c-]c2N1c1ccccn1.[Pt]. The molecule has 1 aliphatic heterocycles. The van der Waals surface area contributed by atoms with E-state index < -0.39 is 7.05 Å². The van der Waals surface area contributed by atoms with Crippen molar-refractivity contribution in [3.63, 3.8) is 0 Å². The van der Waals surface area contributed by atoms with E-state index in [4.69, 9.17) is 14.4 Å². The number of ether oxygens (including phenoxy) is 1. The Balaban J connectivity index is 0.00000436. The van der Waals surface area contributed by atoms with Gasteiger partial charge in [0.2, 0.25) is 0 Å². The number of fused-ring (bicyclic) bond motifs is 2. The van der Waals surface area contributed by atoms with Crippen molar-refractivity contribution in [3.8, 4) is 50.9 Å². The van der Waals surface area contributed by atoms with Crippen LogP contribution in [0.15, 0.2) is 176 Å².